The average Bonchev–Trinajstić information content (AvgIpc) is 3.11. The zero-order valence-corrected chi connectivity index (χ0v) is 21.4. The summed E-state index contributed by atoms with van der Waals surface area (Å²) in [5.74, 6) is -0.938. The van der Waals surface area contributed by atoms with Crippen LogP contribution in [0, 0.1) is 5.41 Å². The van der Waals surface area contributed by atoms with Gasteiger partial charge in [-0.25, -0.2) is 4.68 Å². The van der Waals surface area contributed by atoms with E-state index in [1.807, 2.05) is 27.7 Å². The van der Waals surface area contributed by atoms with Crippen molar-refractivity contribution in [3.05, 3.63) is 39.1 Å². The Morgan fingerprint density at radius 2 is 1.82 bits per heavy atom. The smallest absolute Gasteiger partial charge is 0.384 e. The van der Waals surface area contributed by atoms with E-state index < -0.39 is 23.1 Å². The molecule has 0 atom stereocenters. The number of halogens is 3. The lowest BCUT2D eigenvalue weighted by atomic mass is 9.96. The van der Waals surface area contributed by atoms with E-state index in [2.05, 4.69) is 15.2 Å². The molecule has 0 unspecified atom stereocenters. The van der Waals surface area contributed by atoms with E-state index in [-0.39, 0.29) is 22.6 Å². The number of benzene rings is 1. The maximum Gasteiger partial charge on any atom is 0.416 e. The Labute approximate surface area is 201 Å². The first-order valence-corrected chi connectivity index (χ1v) is 11.8. The summed E-state index contributed by atoms with van der Waals surface area (Å²) >= 11 is 1.23. The number of carbonyl (C=O) groups excluding carboxylic acids is 1. The third-order valence-electron chi connectivity index (χ3n) is 4.73. The Morgan fingerprint density at radius 1 is 1.18 bits per heavy atom. The van der Waals surface area contributed by atoms with Gasteiger partial charge >= 0.3 is 6.18 Å². The van der Waals surface area contributed by atoms with Gasteiger partial charge in [-0.15, -0.1) is 0 Å². The van der Waals surface area contributed by atoms with Gasteiger partial charge in [-0.3, -0.25) is 4.79 Å². The number of amidine groups is 1. The van der Waals surface area contributed by atoms with Crippen molar-refractivity contribution in [3.8, 4) is 5.75 Å². The first-order chi connectivity index (χ1) is 15.5. The molecular weight excluding hydrogens is 467 g/mol. The lowest BCUT2D eigenvalue weighted by Crippen LogP contribution is -2.29. The fraction of sp³-hybridized carbons (Fsp3) is 0.565. The van der Waals surface area contributed by atoms with Crippen LogP contribution in [0.5, 0.6) is 5.75 Å². The SMILES string of the molecule is CCCCn1nc(C(C)(C)C)s/c1=N\C(=O)c1cc(C(F)(F)F)ccc1O/N=C(\N)C(C)(C)C. The van der Waals surface area contributed by atoms with Crippen LogP contribution in [0.25, 0.3) is 0 Å². The normalized spacial score (nSPS) is 13.9. The van der Waals surface area contributed by atoms with Crippen LogP contribution in [-0.4, -0.2) is 21.5 Å². The molecule has 0 spiro atoms. The largest absolute Gasteiger partial charge is 0.416 e. The summed E-state index contributed by atoms with van der Waals surface area (Å²) in [6.07, 6.45) is -2.93. The van der Waals surface area contributed by atoms with Crippen molar-refractivity contribution in [2.75, 3.05) is 0 Å². The molecule has 1 aromatic carbocycles. The van der Waals surface area contributed by atoms with Crippen molar-refractivity contribution in [2.24, 2.45) is 21.3 Å². The Hall–Kier alpha value is -2.69. The van der Waals surface area contributed by atoms with E-state index in [0.29, 0.717) is 17.4 Å². The molecule has 11 heteroatoms. The standard InChI is InChI=1S/C23H32F3N5O2S/c1-8-9-12-31-20(34-19(29-31)22(5,6)7)28-17(32)15-13-14(23(24,25)26)10-11-16(15)33-30-18(27)21(2,3)4/h10-11,13H,8-9,12H2,1-7H3,(H2,27,30)/b28-20-. The average molecular weight is 500 g/mol. The van der Waals surface area contributed by atoms with Gasteiger partial charge in [0.1, 0.15) is 10.8 Å². The molecule has 1 heterocycles. The van der Waals surface area contributed by atoms with Gasteiger partial charge in [-0.2, -0.15) is 23.3 Å². The quantitative estimate of drug-likeness (QED) is 0.323. The molecule has 2 rings (SSSR count). The topological polar surface area (TPSA) is 94.9 Å². The summed E-state index contributed by atoms with van der Waals surface area (Å²) in [7, 11) is 0. The number of hydrogen-bond donors (Lipinski definition) is 1. The highest BCUT2D eigenvalue weighted by Crippen LogP contribution is 2.33. The third-order valence-corrected chi connectivity index (χ3v) is 6.10. The molecule has 0 aliphatic rings. The summed E-state index contributed by atoms with van der Waals surface area (Å²) in [5.41, 5.74) is 3.71. The molecule has 1 aromatic heterocycles. The van der Waals surface area contributed by atoms with Crippen molar-refractivity contribution in [2.45, 2.75) is 79.4 Å². The minimum absolute atomic E-state index is 0.123. The van der Waals surface area contributed by atoms with Crippen LogP contribution in [-0.2, 0) is 18.1 Å². The molecule has 0 radical (unpaired) electrons. The Bertz CT molecular complexity index is 1120. The Kier molecular flexibility index (Phi) is 8.34. The van der Waals surface area contributed by atoms with Crippen LogP contribution in [0.2, 0.25) is 0 Å². The van der Waals surface area contributed by atoms with E-state index >= 15 is 0 Å². The summed E-state index contributed by atoms with van der Waals surface area (Å²) in [6.45, 7) is 13.9. The summed E-state index contributed by atoms with van der Waals surface area (Å²) in [4.78, 5) is 22.9. The predicted molar refractivity (Wildman–Crippen MR) is 127 cm³/mol. The lowest BCUT2D eigenvalue weighted by Gasteiger charge is -2.16. The number of hydrogen-bond acceptors (Lipinski definition) is 5. The maximum absolute atomic E-state index is 13.4. The highest BCUT2D eigenvalue weighted by Gasteiger charge is 2.32. The summed E-state index contributed by atoms with van der Waals surface area (Å²) in [5, 5.41) is 9.14. The predicted octanol–water partition coefficient (Wildman–Crippen LogP) is 5.50. The van der Waals surface area contributed by atoms with E-state index in [9.17, 15) is 18.0 Å². The second-order valence-corrected chi connectivity index (χ2v) is 10.9. The number of aryl methyl sites for hydroxylation is 1. The number of amides is 1. The van der Waals surface area contributed by atoms with Crippen molar-refractivity contribution in [1.82, 2.24) is 9.78 Å². The number of alkyl halides is 3. The van der Waals surface area contributed by atoms with Gasteiger partial charge in [-0.05, 0) is 24.6 Å². The fourth-order valence-electron chi connectivity index (χ4n) is 2.48. The monoisotopic (exact) mass is 499 g/mol. The first kappa shape index (κ1) is 27.6. The molecule has 7 nitrogen and oxygen atoms in total. The van der Waals surface area contributed by atoms with Crippen molar-refractivity contribution in [3.63, 3.8) is 0 Å². The zero-order valence-electron chi connectivity index (χ0n) is 20.6. The second-order valence-electron chi connectivity index (χ2n) is 9.96. The van der Waals surface area contributed by atoms with E-state index in [0.717, 1.165) is 30.0 Å². The Balaban J connectivity index is 2.61. The van der Waals surface area contributed by atoms with Gasteiger partial charge in [0.15, 0.2) is 5.75 Å². The highest BCUT2D eigenvalue weighted by molar-refractivity contribution is 7.09. The minimum atomic E-state index is -4.65. The summed E-state index contributed by atoms with van der Waals surface area (Å²) < 4.78 is 41.7. The number of carbonyl (C=O) groups is 1. The number of unbranched alkanes of at least 4 members (excludes halogenated alkanes) is 1. The number of nitrogens with zero attached hydrogens (tertiary/aromatic N) is 4. The maximum atomic E-state index is 13.4. The van der Waals surface area contributed by atoms with E-state index in [1.54, 1.807) is 25.5 Å². The van der Waals surface area contributed by atoms with Gasteiger partial charge in [0.05, 0.1) is 11.1 Å². The van der Waals surface area contributed by atoms with E-state index in [4.69, 9.17) is 10.6 Å². The van der Waals surface area contributed by atoms with E-state index in [1.165, 1.54) is 11.3 Å². The number of aromatic nitrogens is 2. The van der Waals surface area contributed by atoms with Crippen LogP contribution < -0.4 is 15.4 Å². The second kappa shape index (κ2) is 10.3. The molecule has 2 aromatic rings. The van der Waals surface area contributed by atoms with Crippen LogP contribution in [0.3, 0.4) is 0 Å². The van der Waals surface area contributed by atoms with Crippen LogP contribution in [0.1, 0.15) is 82.2 Å². The molecule has 0 saturated carbocycles. The molecule has 0 saturated heterocycles. The fourth-order valence-corrected chi connectivity index (χ4v) is 3.47. The van der Waals surface area contributed by atoms with Gasteiger partial charge in [-0.1, -0.05) is 71.4 Å². The molecule has 0 aliphatic heterocycles. The van der Waals surface area contributed by atoms with Crippen LogP contribution in [0.15, 0.2) is 28.3 Å². The van der Waals surface area contributed by atoms with Crippen molar-refractivity contribution < 1.29 is 22.8 Å². The van der Waals surface area contributed by atoms with Gasteiger partial charge in [0.25, 0.3) is 5.91 Å². The molecule has 188 valence electrons. The number of oxime groups is 1. The van der Waals surface area contributed by atoms with Crippen LogP contribution >= 0.6 is 11.3 Å². The Morgan fingerprint density at radius 3 is 2.35 bits per heavy atom. The number of nitrogens with two attached hydrogens (primary N) is 1. The highest BCUT2D eigenvalue weighted by atomic mass is 32.1. The molecule has 0 fully saturated rings. The minimum Gasteiger partial charge on any atom is -0.384 e. The zero-order chi connectivity index (χ0) is 25.9. The van der Waals surface area contributed by atoms with Crippen LogP contribution in [0.4, 0.5) is 13.2 Å². The summed E-state index contributed by atoms with van der Waals surface area (Å²) in [6, 6.07) is 2.58. The van der Waals surface area contributed by atoms with Gasteiger partial charge < -0.3 is 10.6 Å². The third kappa shape index (κ3) is 7.15. The van der Waals surface area contributed by atoms with Gasteiger partial charge in [0.2, 0.25) is 4.80 Å². The van der Waals surface area contributed by atoms with Gasteiger partial charge in [0, 0.05) is 17.4 Å². The first-order valence-electron chi connectivity index (χ1n) is 10.9. The molecular formula is C23H32F3N5O2S. The lowest BCUT2D eigenvalue weighted by molar-refractivity contribution is -0.137. The molecule has 2 N–H and O–H groups in total. The molecule has 0 aliphatic carbocycles. The molecule has 0 bridgehead atoms. The van der Waals surface area contributed by atoms with Crippen molar-refractivity contribution >= 4 is 23.1 Å². The molecule has 1 amide bonds. The molecule has 34 heavy (non-hydrogen) atoms. The van der Waals surface area contributed by atoms with Crippen molar-refractivity contribution in [1.29, 1.82) is 0 Å². The number of rotatable bonds is 6.